The predicted octanol–water partition coefficient (Wildman–Crippen LogP) is 2.13. The summed E-state index contributed by atoms with van der Waals surface area (Å²) in [5.74, 6) is -1.91. The number of hydrogen-bond donors (Lipinski definition) is 2. The minimum atomic E-state index is -0.855. The van der Waals surface area contributed by atoms with Crippen LogP contribution in [-0.2, 0) is 9.59 Å². The highest BCUT2D eigenvalue weighted by atomic mass is 16.5. The highest BCUT2D eigenvalue weighted by molar-refractivity contribution is 6.41. The van der Waals surface area contributed by atoms with Crippen LogP contribution >= 0.6 is 0 Å². The Morgan fingerprint density at radius 2 is 2.14 bits per heavy atom. The van der Waals surface area contributed by atoms with E-state index in [1.807, 2.05) is 6.07 Å². The molecule has 0 heterocycles. The van der Waals surface area contributed by atoms with E-state index in [1.54, 1.807) is 0 Å². The van der Waals surface area contributed by atoms with E-state index in [0.717, 1.165) is 13.0 Å². The molecule has 0 saturated heterocycles. The van der Waals surface area contributed by atoms with E-state index in [2.05, 4.69) is 0 Å². The molecule has 0 aromatic heterocycles. The Balaban J connectivity index is 2.99. The molecule has 0 bridgehead atoms. The average Bonchev–Trinajstić information content (AvgIpc) is 2.44. The summed E-state index contributed by atoms with van der Waals surface area (Å²) in [6.45, 7) is 1.34. The number of aromatic hydroxyl groups is 1. The molecule has 0 saturated carbocycles. The molecule has 0 atom stereocenters. The summed E-state index contributed by atoms with van der Waals surface area (Å²) in [5, 5.41) is 27.8. The second-order valence-corrected chi connectivity index (χ2v) is 4.24. The summed E-state index contributed by atoms with van der Waals surface area (Å²) >= 11 is 0. The molecule has 1 rings (SSSR count). The number of nitrogens with zero attached hydrogens (tertiary/aromatic N) is 1. The molecule has 6 heteroatoms. The number of benzene rings is 1. The highest BCUT2D eigenvalue weighted by Crippen LogP contribution is 2.28. The zero-order chi connectivity index (χ0) is 15.8. The van der Waals surface area contributed by atoms with Gasteiger partial charge in [0.25, 0.3) is 0 Å². The van der Waals surface area contributed by atoms with Crippen molar-refractivity contribution < 1.29 is 24.5 Å². The third kappa shape index (κ3) is 4.99. The highest BCUT2D eigenvalue weighted by Gasteiger charge is 2.13. The van der Waals surface area contributed by atoms with Crippen molar-refractivity contribution in [1.82, 2.24) is 0 Å². The lowest BCUT2D eigenvalue weighted by Crippen LogP contribution is -2.07. The van der Waals surface area contributed by atoms with E-state index in [4.69, 9.17) is 10.00 Å². The minimum absolute atomic E-state index is 0.0987. The molecule has 0 radical (unpaired) electrons. The molecule has 0 amide bonds. The van der Waals surface area contributed by atoms with Crippen LogP contribution in [0.1, 0.15) is 25.3 Å². The number of aliphatic hydroxyl groups excluding tert-OH is 1. The summed E-state index contributed by atoms with van der Waals surface area (Å²) in [5.41, 5.74) is 0.0987. The van der Waals surface area contributed by atoms with Crippen LogP contribution in [0, 0.1) is 11.3 Å². The predicted molar refractivity (Wildman–Crippen MR) is 74.7 cm³/mol. The fraction of sp³-hybridized carbons (Fsp3) is 0.267. The molecule has 0 aliphatic carbocycles. The van der Waals surface area contributed by atoms with Crippen molar-refractivity contribution in [2.24, 2.45) is 0 Å². The van der Waals surface area contributed by atoms with E-state index in [-0.39, 0.29) is 23.7 Å². The normalized spacial score (nSPS) is 10.8. The first-order chi connectivity index (χ1) is 9.95. The standard InChI is InChI=1S/C15H15NO5/c1-10(17)13(19)9-14(20)12-8-11(18)4-5-15(12)21-7-3-2-6-16/h4-5,8-9,18,20H,2-3,7H2,1H3. The van der Waals surface area contributed by atoms with Gasteiger partial charge >= 0.3 is 0 Å². The number of ether oxygens (including phenoxy) is 1. The van der Waals surface area contributed by atoms with Crippen molar-refractivity contribution in [3.63, 3.8) is 0 Å². The number of carbonyl (C=O) groups is 2. The second-order valence-electron chi connectivity index (χ2n) is 4.24. The molecule has 0 aliphatic rings. The average molecular weight is 289 g/mol. The van der Waals surface area contributed by atoms with Crippen LogP contribution in [0.25, 0.3) is 5.76 Å². The van der Waals surface area contributed by atoms with Gasteiger partial charge in [0.15, 0.2) is 5.78 Å². The molecule has 0 aliphatic heterocycles. The van der Waals surface area contributed by atoms with Crippen molar-refractivity contribution in [3.05, 3.63) is 29.8 Å². The number of rotatable bonds is 7. The number of phenols is 1. The van der Waals surface area contributed by atoms with Gasteiger partial charge < -0.3 is 14.9 Å². The van der Waals surface area contributed by atoms with Crippen molar-refractivity contribution in [2.75, 3.05) is 6.61 Å². The van der Waals surface area contributed by atoms with Gasteiger partial charge in [0, 0.05) is 19.4 Å². The molecule has 1 aromatic rings. The zero-order valence-corrected chi connectivity index (χ0v) is 11.5. The molecule has 1 aromatic carbocycles. The number of nitriles is 1. The monoisotopic (exact) mass is 289 g/mol. The number of ketones is 2. The smallest absolute Gasteiger partial charge is 0.224 e. The van der Waals surface area contributed by atoms with E-state index in [0.29, 0.717) is 12.8 Å². The maximum atomic E-state index is 11.3. The lowest BCUT2D eigenvalue weighted by molar-refractivity contribution is -0.132. The Bertz CT molecular complexity index is 613. The van der Waals surface area contributed by atoms with Crippen LogP contribution in [0.4, 0.5) is 0 Å². The van der Waals surface area contributed by atoms with Crippen LogP contribution in [0.2, 0.25) is 0 Å². The fourth-order valence-electron chi connectivity index (χ4n) is 1.48. The van der Waals surface area contributed by atoms with Crippen molar-refractivity contribution >= 4 is 17.3 Å². The Kier molecular flexibility index (Phi) is 5.96. The van der Waals surface area contributed by atoms with Gasteiger partial charge in [0.05, 0.1) is 18.2 Å². The van der Waals surface area contributed by atoms with Crippen molar-refractivity contribution in [3.8, 4) is 17.6 Å². The summed E-state index contributed by atoms with van der Waals surface area (Å²) in [4.78, 5) is 22.2. The van der Waals surface area contributed by atoms with E-state index >= 15 is 0 Å². The third-order valence-corrected chi connectivity index (χ3v) is 2.54. The first kappa shape index (κ1) is 16.2. The topological polar surface area (TPSA) is 108 Å². The van der Waals surface area contributed by atoms with Gasteiger partial charge in [-0.15, -0.1) is 0 Å². The lowest BCUT2D eigenvalue weighted by Gasteiger charge is -2.11. The number of phenolic OH excluding ortho intramolecular Hbond substituents is 1. The Labute approximate surface area is 121 Å². The maximum Gasteiger partial charge on any atom is 0.224 e. The van der Waals surface area contributed by atoms with Gasteiger partial charge in [-0.25, -0.2) is 0 Å². The SMILES string of the molecule is CC(=O)C(=O)C=C(O)c1cc(O)ccc1OCCCC#N. The van der Waals surface area contributed by atoms with Crippen LogP contribution in [0.15, 0.2) is 24.3 Å². The van der Waals surface area contributed by atoms with E-state index in [9.17, 15) is 19.8 Å². The van der Waals surface area contributed by atoms with Crippen molar-refractivity contribution in [1.29, 1.82) is 5.26 Å². The van der Waals surface area contributed by atoms with Crippen LogP contribution in [-0.4, -0.2) is 28.4 Å². The van der Waals surface area contributed by atoms with Gasteiger partial charge in [-0.1, -0.05) is 0 Å². The molecule has 0 spiro atoms. The van der Waals surface area contributed by atoms with Crippen LogP contribution < -0.4 is 4.74 Å². The molecule has 2 N–H and O–H groups in total. The quantitative estimate of drug-likeness (QED) is 0.344. The number of carbonyl (C=O) groups excluding carboxylic acids is 2. The molecular formula is C15H15NO5. The Morgan fingerprint density at radius 1 is 1.43 bits per heavy atom. The van der Waals surface area contributed by atoms with Gasteiger partial charge in [-0.05, 0) is 24.6 Å². The molecule has 0 fully saturated rings. The van der Waals surface area contributed by atoms with Crippen LogP contribution in [0.5, 0.6) is 11.5 Å². The lowest BCUT2D eigenvalue weighted by atomic mass is 10.1. The first-order valence-corrected chi connectivity index (χ1v) is 6.24. The number of aliphatic hydroxyl groups is 1. The number of Topliss-reactive ketones (excluding diaryl/α,β-unsaturated/α-hetero) is 1. The molecule has 110 valence electrons. The van der Waals surface area contributed by atoms with Crippen molar-refractivity contribution in [2.45, 2.75) is 19.8 Å². The van der Waals surface area contributed by atoms with Gasteiger partial charge in [0.2, 0.25) is 5.78 Å². The Morgan fingerprint density at radius 3 is 2.76 bits per heavy atom. The first-order valence-electron chi connectivity index (χ1n) is 6.24. The van der Waals surface area contributed by atoms with Gasteiger partial charge in [-0.2, -0.15) is 5.26 Å². The summed E-state index contributed by atoms with van der Waals surface area (Å²) in [6.07, 6.45) is 1.62. The molecule has 0 unspecified atom stereocenters. The van der Waals surface area contributed by atoms with E-state index in [1.165, 1.54) is 18.2 Å². The number of allylic oxidation sites excluding steroid dienone is 1. The van der Waals surface area contributed by atoms with Gasteiger partial charge in [-0.3, -0.25) is 9.59 Å². The third-order valence-electron chi connectivity index (χ3n) is 2.54. The maximum absolute atomic E-state index is 11.3. The van der Waals surface area contributed by atoms with Crippen LogP contribution in [0.3, 0.4) is 0 Å². The largest absolute Gasteiger partial charge is 0.508 e. The number of unbranched alkanes of at least 4 members (excludes halogenated alkanes) is 1. The fourth-order valence-corrected chi connectivity index (χ4v) is 1.48. The van der Waals surface area contributed by atoms with Gasteiger partial charge in [0.1, 0.15) is 17.3 Å². The molecular weight excluding hydrogens is 274 g/mol. The summed E-state index contributed by atoms with van der Waals surface area (Å²) in [7, 11) is 0. The molecule has 21 heavy (non-hydrogen) atoms. The minimum Gasteiger partial charge on any atom is -0.508 e. The summed E-state index contributed by atoms with van der Waals surface area (Å²) in [6, 6.07) is 5.99. The zero-order valence-electron chi connectivity index (χ0n) is 11.5. The number of hydrogen-bond acceptors (Lipinski definition) is 6. The van der Waals surface area contributed by atoms with E-state index < -0.39 is 17.3 Å². The second kappa shape index (κ2) is 7.70. The molecule has 6 nitrogen and oxygen atoms in total. The Hall–Kier alpha value is -2.81. The summed E-state index contributed by atoms with van der Waals surface area (Å²) < 4.78 is 5.40.